The van der Waals surface area contributed by atoms with Crippen molar-refractivity contribution in [1.82, 2.24) is 0 Å². The number of ether oxygens (including phenoxy) is 1. The van der Waals surface area contributed by atoms with Gasteiger partial charge >= 0.3 is 12.2 Å². The highest BCUT2D eigenvalue weighted by atomic mass is 19.4. The molecule has 2 aromatic carbocycles. The number of hydrogen-bond donors (Lipinski definition) is 2. The van der Waals surface area contributed by atoms with E-state index in [9.17, 15) is 22.8 Å². The summed E-state index contributed by atoms with van der Waals surface area (Å²) in [6, 6.07) is 12.5. The third-order valence-electron chi connectivity index (χ3n) is 6.71. The van der Waals surface area contributed by atoms with Crippen LogP contribution >= 0.6 is 0 Å². The van der Waals surface area contributed by atoms with Gasteiger partial charge in [0.1, 0.15) is 6.29 Å². The molecular formula is C29H38F3N3O3. The Morgan fingerprint density at radius 2 is 1.79 bits per heavy atom. The molecule has 0 saturated carbocycles. The Labute approximate surface area is 222 Å². The molecule has 2 N–H and O–H groups in total. The van der Waals surface area contributed by atoms with Crippen LogP contribution in [0.4, 0.5) is 35.0 Å². The zero-order valence-electron chi connectivity index (χ0n) is 22.3. The van der Waals surface area contributed by atoms with Gasteiger partial charge in [-0.05, 0) is 67.9 Å². The number of alkyl halides is 3. The summed E-state index contributed by atoms with van der Waals surface area (Å²) in [5.74, 6) is -0.271. The van der Waals surface area contributed by atoms with Crippen molar-refractivity contribution in [3.8, 4) is 0 Å². The minimum atomic E-state index is -4.31. The maximum absolute atomic E-state index is 13.0. The SMILES string of the molecule is Cc1ccc(NC(=O)Nc2cc(C(CC=O)CCC(F)(F)F)ccc2N(CC(C)C)C2CCOCC2)cc1. The molecule has 1 saturated heterocycles. The number of rotatable bonds is 11. The van der Waals surface area contributed by atoms with Gasteiger partial charge in [0.15, 0.2) is 0 Å². The molecule has 3 rings (SSSR count). The molecule has 0 aliphatic carbocycles. The van der Waals surface area contributed by atoms with Crippen LogP contribution in [-0.2, 0) is 9.53 Å². The maximum atomic E-state index is 13.0. The molecule has 6 nitrogen and oxygen atoms in total. The normalized spacial score (nSPS) is 15.2. The Kier molecular flexibility index (Phi) is 10.6. The molecule has 0 radical (unpaired) electrons. The van der Waals surface area contributed by atoms with Gasteiger partial charge in [-0.25, -0.2) is 4.79 Å². The van der Waals surface area contributed by atoms with E-state index in [0.717, 1.165) is 30.6 Å². The van der Waals surface area contributed by atoms with Crippen LogP contribution in [0.5, 0.6) is 0 Å². The maximum Gasteiger partial charge on any atom is 0.389 e. The summed E-state index contributed by atoms with van der Waals surface area (Å²) >= 11 is 0. The predicted molar refractivity (Wildman–Crippen MR) is 145 cm³/mol. The molecule has 1 fully saturated rings. The van der Waals surface area contributed by atoms with Crippen molar-refractivity contribution in [2.75, 3.05) is 35.3 Å². The monoisotopic (exact) mass is 533 g/mol. The summed E-state index contributed by atoms with van der Waals surface area (Å²) in [5, 5.41) is 5.77. The third kappa shape index (κ3) is 9.04. The van der Waals surface area contributed by atoms with Crippen LogP contribution in [-0.4, -0.2) is 44.3 Å². The number of benzene rings is 2. The van der Waals surface area contributed by atoms with Crippen LogP contribution in [0.25, 0.3) is 0 Å². The molecule has 0 aromatic heterocycles. The molecule has 1 atom stereocenters. The number of halogens is 3. The van der Waals surface area contributed by atoms with Gasteiger partial charge in [0.2, 0.25) is 0 Å². The van der Waals surface area contributed by atoms with Gasteiger partial charge in [0, 0.05) is 44.3 Å². The topological polar surface area (TPSA) is 70.7 Å². The molecule has 1 heterocycles. The number of aryl methyl sites for hydroxylation is 1. The van der Waals surface area contributed by atoms with E-state index in [1.807, 2.05) is 25.1 Å². The average molecular weight is 534 g/mol. The molecule has 208 valence electrons. The Bertz CT molecular complexity index is 1050. The number of amides is 2. The molecule has 1 aliphatic heterocycles. The molecule has 1 unspecified atom stereocenters. The molecule has 0 bridgehead atoms. The minimum absolute atomic E-state index is 0.0277. The molecule has 38 heavy (non-hydrogen) atoms. The van der Waals surface area contributed by atoms with Gasteiger partial charge < -0.3 is 25.1 Å². The van der Waals surface area contributed by atoms with Crippen molar-refractivity contribution in [3.63, 3.8) is 0 Å². The van der Waals surface area contributed by atoms with Crippen LogP contribution in [0.1, 0.15) is 63.0 Å². The number of nitrogens with zero attached hydrogens (tertiary/aromatic N) is 1. The molecule has 9 heteroatoms. The molecule has 0 spiro atoms. The molecule has 1 aliphatic rings. The van der Waals surface area contributed by atoms with E-state index in [-0.39, 0.29) is 18.9 Å². The largest absolute Gasteiger partial charge is 0.389 e. The number of carbonyl (C=O) groups excluding carboxylic acids is 2. The molecule has 2 amide bonds. The zero-order chi connectivity index (χ0) is 27.7. The van der Waals surface area contributed by atoms with Gasteiger partial charge in [-0.2, -0.15) is 13.2 Å². The summed E-state index contributed by atoms with van der Waals surface area (Å²) in [7, 11) is 0. The summed E-state index contributed by atoms with van der Waals surface area (Å²) in [4.78, 5) is 26.6. The lowest BCUT2D eigenvalue weighted by molar-refractivity contribution is -0.136. The third-order valence-corrected chi connectivity index (χ3v) is 6.71. The van der Waals surface area contributed by atoms with Crippen molar-refractivity contribution in [2.24, 2.45) is 5.92 Å². The second-order valence-electron chi connectivity index (χ2n) is 10.4. The Morgan fingerprint density at radius 1 is 1.11 bits per heavy atom. The summed E-state index contributed by atoms with van der Waals surface area (Å²) in [5.41, 5.74) is 3.58. The second kappa shape index (κ2) is 13.6. The number of aldehydes is 1. The second-order valence-corrected chi connectivity index (χ2v) is 10.4. The summed E-state index contributed by atoms with van der Waals surface area (Å²) in [6.45, 7) is 8.23. The van der Waals surface area contributed by atoms with Gasteiger partial charge in [-0.3, -0.25) is 0 Å². The van der Waals surface area contributed by atoms with E-state index in [1.165, 1.54) is 0 Å². The van der Waals surface area contributed by atoms with E-state index in [1.54, 1.807) is 24.3 Å². The lowest BCUT2D eigenvalue weighted by Gasteiger charge is -2.38. The quantitative estimate of drug-likeness (QED) is 0.298. The van der Waals surface area contributed by atoms with E-state index >= 15 is 0 Å². The highest BCUT2D eigenvalue weighted by Crippen LogP contribution is 2.37. The first-order chi connectivity index (χ1) is 18.1. The van der Waals surface area contributed by atoms with Crippen LogP contribution < -0.4 is 15.5 Å². The number of carbonyl (C=O) groups is 2. The van der Waals surface area contributed by atoms with Crippen molar-refractivity contribution in [3.05, 3.63) is 53.6 Å². The van der Waals surface area contributed by atoms with E-state index in [2.05, 4.69) is 29.4 Å². The highest BCUT2D eigenvalue weighted by Gasteiger charge is 2.30. The van der Waals surface area contributed by atoms with Gasteiger partial charge in [0.05, 0.1) is 11.4 Å². The summed E-state index contributed by atoms with van der Waals surface area (Å²) < 4.78 is 44.5. The Hall–Kier alpha value is -3.07. The average Bonchev–Trinajstić information content (AvgIpc) is 2.86. The first-order valence-electron chi connectivity index (χ1n) is 13.2. The minimum Gasteiger partial charge on any atom is -0.381 e. The highest BCUT2D eigenvalue weighted by molar-refractivity contribution is 6.02. The predicted octanol–water partition coefficient (Wildman–Crippen LogP) is 7.30. The summed E-state index contributed by atoms with van der Waals surface area (Å²) in [6.07, 6.45) is -3.20. The first-order valence-corrected chi connectivity index (χ1v) is 13.2. The van der Waals surface area contributed by atoms with Crippen LogP contribution in [0.2, 0.25) is 0 Å². The van der Waals surface area contributed by atoms with Crippen LogP contribution in [0, 0.1) is 12.8 Å². The fraction of sp³-hybridized carbons (Fsp3) is 0.517. The van der Waals surface area contributed by atoms with Crippen LogP contribution in [0.3, 0.4) is 0 Å². The van der Waals surface area contributed by atoms with Crippen molar-refractivity contribution < 1.29 is 27.5 Å². The number of urea groups is 1. The smallest absolute Gasteiger partial charge is 0.381 e. The zero-order valence-corrected chi connectivity index (χ0v) is 22.3. The van der Waals surface area contributed by atoms with Crippen LogP contribution in [0.15, 0.2) is 42.5 Å². The number of nitrogens with one attached hydrogen (secondary N) is 2. The molecule has 2 aromatic rings. The number of anilines is 3. The standard InChI is InChI=1S/C29H38F3N3O3/c1-20(2)19-35(25-12-16-38-17-13-25)27-9-6-23(22(11-15-36)10-14-29(30,31)32)18-26(27)34-28(37)33-24-7-4-21(3)5-8-24/h4-9,15,18,20,22,25H,10-14,16-17,19H2,1-3H3,(H2,33,34,37). The first kappa shape index (κ1) is 29.5. The van der Waals surface area contributed by atoms with Gasteiger partial charge in [-0.15, -0.1) is 0 Å². The van der Waals surface area contributed by atoms with Crippen molar-refractivity contribution in [2.45, 2.75) is 71.0 Å². The Balaban J connectivity index is 1.97. The van der Waals surface area contributed by atoms with Gasteiger partial charge in [-0.1, -0.05) is 37.6 Å². The Morgan fingerprint density at radius 3 is 2.39 bits per heavy atom. The fourth-order valence-corrected chi connectivity index (χ4v) is 4.79. The lowest BCUT2D eigenvalue weighted by Crippen LogP contribution is -2.42. The fourth-order valence-electron chi connectivity index (χ4n) is 4.79. The number of hydrogen-bond acceptors (Lipinski definition) is 4. The van der Waals surface area contributed by atoms with E-state index in [4.69, 9.17) is 4.74 Å². The van der Waals surface area contributed by atoms with Gasteiger partial charge in [0.25, 0.3) is 0 Å². The van der Waals surface area contributed by atoms with E-state index in [0.29, 0.717) is 42.4 Å². The van der Waals surface area contributed by atoms with E-state index < -0.39 is 24.5 Å². The van der Waals surface area contributed by atoms with Crippen molar-refractivity contribution >= 4 is 29.4 Å². The van der Waals surface area contributed by atoms with Crippen molar-refractivity contribution in [1.29, 1.82) is 0 Å². The molecular weight excluding hydrogens is 495 g/mol. The lowest BCUT2D eigenvalue weighted by atomic mass is 9.90.